The highest BCUT2D eigenvalue weighted by atomic mass is 32.1. The molecule has 1 unspecified atom stereocenters. The number of rotatable bonds is 2. The van der Waals surface area contributed by atoms with Crippen LogP contribution in [-0.2, 0) is 4.79 Å². The standard InChI is InChI=1S/C16H17NO2S/c1-9-4-5-20-16(9)12-7-15(18)17-13-8-14(19-3)10(2)6-11(12)13/h4-6,8,12H,7H2,1-3H3,(H,17,18). The molecule has 1 aromatic carbocycles. The van der Waals surface area contributed by atoms with Gasteiger partial charge >= 0.3 is 0 Å². The lowest BCUT2D eigenvalue weighted by molar-refractivity contribution is -0.116. The molecule has 2 aromatic rings. The fourth-order valence-corrected chi connectivity index (χ4v) is 3.85. The summed E-state index contributed by atoms with van der Waals surface area (Å²) < 4.78 is 5.35. The van der Waals surface area contributed by atoms with Crippen molar-refractivity contribution >= 4 is 22.9 Å². The van der Waals surface area contributed by atoms with Crippen molar-refractivity contribution in [2.75, 3.05) is 12.4 Å². The molecule has 2 heterocycles. The Kier molecular flexibility index (Phi) is 3.26. The summed E-state index contributed by atoms with van der Waals surface area (Å²) in [6.45, 7) is 4.14. The zero-order valence-corrected chi connectivity index (χ0v) is 12.6. The molecule has 3 nitrogen and oxygen atoms in total. The third-order valence-electron chi connectivity index (χ3n) is 3.82. The van der Waals surface area contributed by atoms with Crippen molar-refractivity contribution in [3.05, 3.63) is 45.1 Å². The van der Waals surface area contributed by atoms with Crippen LogP contribution in [0.5, 0.6) is 5.75 Å². The van der Waals surface area contributed by atoms with E-state index in [9.17, 15) is 4.79 Å². The number of anilines is 1. The van der Waals surface area contributed by atoms with Gasteiger partial charge in [-0.2, -0.15) is 0 Å². The molecule has 1 N–H and O–H groups in total. The van der Waals surface area contributed by atoms with Crippen LogP contribution in [0.25, 0.3) is 0 Å². The average Bonchev–Trinajstić information content (AvgIpc) is 2.84. The van der Waals surface area contributed by atoms with Gasteiger partial charge in [0.05, 0.1) is 7.11 Å². The quantitative estimate of drug-likeness (QED) is 0.911. The van der Waals surface area contributed by atoms with Crippen molar-refractivity contribution in [3.63, 3.8) is 0 Å². The van der Waals surface area contributed by atoms with Crippen LogP contribution in [0.1, 0.15) is 33.9 Å². The highest BCUT2D eigenvalue weighted by Crippen LogP contribution is 2.42. The first-order valence-corrected chi connectivity index (χ1v) is 7.50. The van der Waals surface area contributed by atoms with Crippen LogP contribution in [0.4, 0.5) is 5.69 Å². The Balaban J connectivity index is 2.15. The number of amides is 1. The van der Waals surface area contributed by atoms with Crippen LogP contribution < -0.4 is 10.1 Å². The van der Waals surface area contributed by atoms with Gasteiger partial charge in [0.1, 0.15) is 5.75 Å². The molecular formula is C16H17NO2S. The average molecular weight is 287 g/mol. The number of benzene rings is 1. The minimum absolute atomic E-state index is 0.0706. The van der Waals surface area contributed by atoms with Crippen molar-refractivity contribution in [1.29, 1.82) is 0 Å². The summed E-state index contributed by atoms with van der Waals surface area (Å²) in [6, 6.07) is 6.18. The molecule has 0 spiro atoms. The SMILES string of the molecule is COc1cc2c(cc1C)C(c1sccc1C)CC(=O)N2. The lowest BCUT2D eigenvalue weighted by Gasteiger charge is -2.26. The zero-order valence-electron chi connectivity index (χ0n) is 11.8. The number of methoxy groups -OCH3 is 1. The summed E-state index contributed by atoms with van der Waals surface area (Å²) in [5.41, 5.74) is 4.42. The van der Waals surface area contributed by atoms with E-state index in [2.05, 4.69) is 29.8 Å². The molecule has 0 saturated heterocycles. The molecule has 1 aliphatic rings. The van der Waals surface area contributed by atoms with E-state index in [1.165, 1.54) is 16.0 Å². The van der Waals surface area contributed by atoms with E-state index in [1.54, 1.807) is 18.4 Å². The van der Waals surface area contributed by atoms with Crippen LogP contribution in [0.3, 0.4) is 0 Å². The second-order valence-corrected chi connectivity index (χ2v) is 6.13. The second kappa shape index (κ2) is 4.94. The first-order chi connectivity index (χ1) is 9.60. The van der Waals surface area contributed by atoms with E-state index in [0.29, 0.717) is 6.42 Å². The number of carbonyl (C=O) groups is 1. The molecule has 1 atom stereocenters. The summed E-state index contributed by atoms with van der Waals surface area (Å²) in [4.78, 5) is 13.3. The molecule has 0 fully saturated rings. The largest absolute Gasteiger partial charge is 0.496 e. The summed E-state index contributed by atoms with van der Waals surface area (Å²) in [5.74, 6) is 1.04. The summed E-state index contributed by atoms with van der Waals surface area (Å²) in [5, 5.41) is 5.05. The first-order valence-electron chi connectivity index (χ1n) is 6.62. The molecule has 1 aromatic heterocycles. The molecular weight excluding hydrogens is 270 g/mol. The molecule has 4 heteroatoms. The maximum absolute atomic E-state index is 12.0. The monoisotopic (exact) mass is 287 g/mol. The number of hydrogen-bond acceptors (Lipinski definition) is 3. The Hall–Kier alpha value is -1.81. The molecule has 0 aliphatic carbocycles. The fraction of sp³-hybridized carbons (Fsp3) is 0.312. The van der Waals surface area contributed by atoms with Gasteiger partial charge in [-0.1, -0.05) is 0 Å². The van der Waals surface area contributed by atoms with Gasteiger partial charge in [0.15, 0.2) is 0 Å². The number of thiophene rings is 1. The Morgan fingerprint density at radius 3 is 2.75 bits per heavy atom. The van der Waals surface area contributed by atoms with E-state index >= 15 is 0 Å². The summed E-state index contributed by atoms with van der Waals surface area (Å²) in [6.07, 6.45) is 0.514. The van der Waals surface area contributed by atoms with E-state index < -0.39 is 0 Å². The number of aryl methyl sites for hydroxylation is 2. The third-order valence-corrected chi connectivity index (χ3v) is 4.96. The number of ether oxygens (including phenoxy) is 1. The lowest BCUT2D eigenvalue weighted by atomic mass is 9.87. The lowest BCUT2D eigenvalue weighted by Crippen LogP contribution is -2.23. The maximum atomic E-state index is 12.0. The predicted molar refractivity (Wildman–Crippen MR) is 81.9 cm³/mol. The van der Waals surface area contributed by atoms with Crippen molar-refractivity contribution in [2.24, 2.45) is 0 Å². The van der Waals surface area contributed by atoms with Crippen LogP contribution in [0, 0.1) is 13.8 Å². The van der Waals surface area contributed by atoms with Gasteiger partial charge in [0.25, 0.3) is 0 Å². The van der Waals surface area contributed by atoms with Crippen LogP contribution in [0.2, 0.25) is 0 Å². The van der Waals surface area contributed by atoms with Crippen LogP contribution >= 0.6 is 11.3 Å². The Bertz CT molecular complexity index is 675. The fourth-order valence-electron chi connectivity index (χ4n) is 2.80. The van der Waals surface area contributed by atoms with Gasteiger partial charge in [-0.25, -0.2) is 0 Å². The highest BCUT2D eigenvalue weighted by Gasteiger charge is 2.29. The van der Waals surface area contributed by atoms with Crippen LogP contribution in [0.15, 0.2) is 23.6 Å². The molecule has 0 saturated carbocycles. The zero-order chi connectivity index (χ0) is 14.3. The van der Waals surface area contributed by atoms with Gasteiger partial charge < -0.3 is 10.1 Å². The smallest absolute Gasteiger partial charge is 0.225 e. The third kappa shape index (κ3) is 2.10. The van der Waals surface area contributed by atoms with E-state index in [0.717, 1.165) is 17.0 Å². The Morgan fingerprint density at radius 1 is 1.30 bits per heavy atom. The second-order valence-electron chi connectivity index (χ2n) is 5.18. The molecule has 3 rings (SSSR count). The maximum Gasteiger partial charge on any atom is 0.225 e. The molecule has 20 heavy (non-hydrogen) atoms. The first kappa shape index (κ1) is 13.2. The van der Waals surface area contributed by atoms with Crippen LogP contribution in [-0.4, -0.2) is 13.0 Å². The van der Waals surface area contributed by atoms with Crippen molar-refractivity contribution in [3.8, 4) is 5.75 Å². The molecule has 1 amide bonds. The molecule has 0 radical (unpaired) electrons. The molecule has 104 valence electrons. The topological polar surface area (TPSA) is 38.3 Å². The predicted octanol–water partition coefficient (Wildman–Crippen LogP) is 3.85. The minimum atomic E-state index is 0.0706. The minimum Gasteiger partial charge on any atom is -0.496 e. The highest BCUT2D eigenvalue weighted by molar-refractivity contribution is 7.10. The number of nitrogens with one attached hydrogen (secondary N) is 1. The van der Waals surface area contributed by atoms with E-state index in [-0.39, 0.29) is 11.8 Å². The Labute approximate surface area is 122 Å². The van der Waals surface area contributed by atoms with Gasteiger partial charge in [-0.05, 0) is 48.1 Å². The molecule has 0 bridgehead atoms. The summed E-state index contributed by atoms with van der Waals surface area (Å²) >= 11 is 1.73. The summed E-state index contributed by atoms with van der Waals surface area (Å²) in [7, 11) is 1.65. The van der Waals surface area contributed by atoms with Gasteiger partial charge in [0, 0.05) is 29.0 Å². The number of hydrogen-bond donors (Lipinski definition) is 1. The van der Waals surface area contributed by atoms with Crippen molar-refractivity contribution in [1.82, 2.24) is 0 Å². The normalized spacial score (nSPS) is 17.6. The Morgan fingerprint density at radius 2 is 2.10 bits per heavy atom. The van der Waals surface area contributed by atoms with Gasteiger partial charge in [-0.15, -0.1) is 11.3 Å². The van der Waals surface area contributed by atoms with E-state index in [4.69, 9.17) is 4.74 Å². The van der Waals surface area contributed by atoms with Crippen molar-refractivity contribution in [2.45, 2.75) is 26.2 Å². The molecule has 1 aliphatic heterocycles. The number of fused-ring (bicyclic) bond motifs is 1. The number of carbonyl (C=O) groups excluding carboxylic acids is 1. The van der Waals surface area contributed by atoms with E-state index in [1.807, 2.05) is 13.0 Å². The van der Waals surface area contributed by atoms with Gasteiger partial charge in [-0.3, -0.25) is 4.79 Å². The van der Waals surface area contributed by atoms with Crippen molar-refractivity contribution < 1.29 is 9.53 Å². The van der Waals surface area contributed by atoms with Gasteiger partial charge in [0.2, 0.25) is 5.91 Å².